The Morgan fingerprint density at radius 2 is 2.00 bits per heavy atom. The molecule has 0 aromatic carbocycles. The Balaban J connectivity index is 2.05. The molecule has 0 radical (unpaired) electrons. The molecule has 0 aromatic rings. The van der Waals surface area contributed by atoms with E-state index in [1.54, 1.807) is 6.92 Å². The average Bonchev–Trinajstić information content (AvgIpc) is 3.29. The Morgan fingerprint density at radius 1 is 1.33 bits per heavy atom. The van der Waals surface area contributed by atoms with Gasteiger partial charge in [0, 0.05) is 37.0 Å². The van der Waals surface area contributed by atoms with E-state index in [0.29, 0.717) is 24.3 Å². The maximum absolute atomic E-state index is 11.9. The van der Waals surface area contributed by atoms with Crippen molar-refractivity contribution in [1.29, 1.82) is 0 Å². The van der Waals surface area contributed by atoms with Crippen LogP contribution in [0, 0.1) is 11.8 Å². The fraction of sp³-hybridized carbons (Fsp3) is 1.00. The summed E-state index contributed by atoms with van der Waals surface area (Å²) < 4.78 is 23.7. The minimum atomic E-state index is -2.88. The van der Waals surface area contributed by atoms with Crippen molar-refractivity contribution in [3.8, 4) is 0 Å². The van der Waals surface area contributed by atoms with Crippen molar-refractivity contribution >= 4 is 9.84 Å². The first-order valence-electron chi connectivity index (χ1n) is 8.51. The lowest BCUT2D eigenvalue weighted by atomic mass is 9.87. The van der Waals surface area contributed by atoms with E-state index >= 15 is 0 Å². The first-order chi connectivity index (χ1) is 9.81. The zero-order valence-corrected chi connectivity index (χ0v) is 14.9. The molecule has 1 N–H and O–H groups in total. The Kier molecular flexibility index (Phi) is 5.37. The third kappa shape index (κ3) is 4.20. The van der Waals surface area contributed by atoms with Crippen LogP contribution in [-0.2, 0) is 9.84 Å². The highest BCUT2D eigenvalue weighted by molar-refractivity contribution is 7.91. The van der Waals surface area contributed by atoms with Gasteiger partial charge in [0.15, 0.2) is 9.84 Å². The summed E-state index contributed by atoms with van der Waals surface area (Å²) >= 11 is 0. The van der Waals surface area contributed by atoms with Crippen LogP contribution in [0.15, 0.2) is 0 Å². The second-order valence-corrected chi connectivity index (χ2v) is 9.71. The summed E-state index contributed by atoms with van der Waals surface area (Å²) in [4.78, 5) is 2.45. The number of nitrogens with zero attached hydrogens (tertiary/aromatic N) is 1. The summed E-state index contributed by atoms with van der Waals surface area (Å²) in [6, 6.07) is 0.467. The van der Waals surface area contributed by atoms with Crippen molar-refractivity contribution in [3.05, 3.63) is 0 Å². The largest absolute Gasteiger partial charge is 0.308 e. The van der Waals surface area contributed by atoms with Crippen molar-refractivity contribution in [3.63, 3.8) is 0 Å². The molecule has 2 fully saturated rings. The highest BCUT2D eigenvalue weighted by Crippen LogP contribution is 2.41. The van der Waals surface area contributed by atoms with Crippen LogP contribution < -0.4 is 5.32 Å². The molecule has 1 aliphatic heterocycles. The Labute approximate surface area is 130 Å². The summed E-state index contributed by atoms with van der Waals surface area (Å²) in [6.07, 6.45) is 3.78. The molecule has 3 atom stereocenters. The van der Waals surface area contributed by atoms with Crippen molar-refractivity contribution in [1.82, 2.24) is 10.2 Å². The first-order valence-corrected chi connectivity index (χ1v) is 10.3. The van der Waals surface area contributed by atoms with Crippen molar-refractivity contribution in [2.24, 2.45) is 11.8 Å². The molecule has 5 heteroatoms. The number of piperazine rings is 1. The molecule has 21 heavy (non-hydrogen) atoms. The van der Waals surface area contributed by atoms with Crippen molar-refractivity contribution in [2.45, 2.75) is 58.5 Å². The lowest BCUT2D eigenvalue weighted by molar-refractivity contribution is 0.0525. The van der Waals surface area contributed by atoms with Crippen molar-refractivity contribution in [2.75, 3.05) is 31.1 Å². The Morgan fingerprint density at radius 3 is 2.52 bits per heavy atom. The van der Waals surface area contributed by atoms with E-state index < -0.39 is 9.84 Å². The SMILES string of the molecule is CCC(C)C1CNC(C)(C2CC2)CN1CCS(=O)(=O)CC. The van der Waals surface area contributed by atoms with Crippen molar-refractivity contribution < 1.29 is 8.42 Å². The Bertz CT molecular complexity index is 447. The van der Waals surface area contributed by atoms with Gasteiger partial charge in [-0.05, 0) is 31.6 Å². The normalized spacial score (nSPS) is 33.0. The summed E-state index contributed by atoms with van der Waals surface area (Å²) in [7, 11) is -2.88. The highest BCUT2D eigenvalue weighted by Gasteiger charge is 2.46. The van der Waals surface area contributed by atoms with Gasteiger partial charge in [-0.25, -0.2) is 8.42 Å². The van der Waals surface area contributed by atoms with Crippen LogP contribution in [0.5, 0.6) is 0 Å². The van der Waals surface area contributed by atoms with Gasteiger partial charge in [-0.1, -0.05) is 27.2 Å². The number of rotatable bonds is 7. The molecule has 1 saturated carbocycles. The molecule has 0 aromatic heterocycles. The topological polar surface area (TPSA) is 49.4 Å². The fourth-order valence-electron chi connectivity index (χ4n) is 3.53. The zero-order valence-electron chi connectivity index (χ0n) is 14.1. The van der Waals surface area contributed by atoms with Crippen LogP contribution in [0.25, 0.3) is 0 Å². The molecule has 3 unspecified atom stereocenters. The van der Waals surface area contributed by atoms with E-state index in [2.05, 4.69) is 31.0 Å². The molecule has 2 aliphatic rings. The lowest BCUT2D eigenvalue weighted by Gasteiger charge is -2.48. The fourth-order valence-corrected chi connectivity index (χ4v) is 4.34. The maximum atomic E-state index is 11.9. The quantitative estimate of drug-likeness (QED) is 0.779. The summed E-state index contributed by atoms with van der Waals surface area (Å²) in [5, 5.41) is 3.77. The summed E-state index contributed by atoms with van der Waals surface area (Å²) in [5.41, 5.74) is 0.180. The van der Waals surface area contributed by atoms with Gasteiger partial charge in [0.1, 0.15) is 0 Å². The third-order valence-corrected chi connectivity index (χ3v) is 7.31. The van der Waals surface area contributed by atoms with E-state index in [-0.39, 0.29) is 11.3 Å². The van der Waals surface area contributed by atoms with Gasteiger partial charge in [-0.2, -0.15) is 0 Å². The van der Waals surface area contributed by atoms with E-state index in [9.17, 15) is 8.42 Å². The van der Waals surface area contributed by atoms with Gasteiger partial charge in [0.25, 0.3) is 0 Å². The average molecular weight is 317 g/mol. The standard InChI is InChI=1S/C16H32N2O2S/c1-5-13(3)15-11-17-16(4,14-7-8-14)12-18(15)9-10-21(19,20)6-2/h13-15,17H,5-12H2,1-4H3. The number of nitrogens with one attached hydrogen (secondary N) is 1. The predicted molar refractivity (Wildman–Crippen MR) is 88.3 cm³/mol. The minimum absolute atomic E-state index is 0.180. The van der Waals surface area contributed by atoms with Gasteiger partial charge in [-0.15, -0.1) is 0 Å². The van der Waals surface area contributed by atoms with Crippen LogP contribution in [0.4, 0.5) is 0 Å². The van der Waals surface area contributed by atoms with E-state index in [4.69, 9.17) is 0 Å². The van der Waals surface area contributed by atoms with Gasteiger partial charge in [-0.3, -0.25) is 4.90 Å². The van der Waals surface area contributed by atoms with Crippen LogP contribution in [0.1, 0.15) is 47.0 Å². The van der Waals surface area contributed by atoms with Crippen LogP contribution in [0.2, 0.25) is 0 Å². The molecule has 0 amide bonds. The molecule has 0 bridgehead atoms. The van der Waals surface area contributed by atoms with Crippen LogP contribution in [0.3, 0.4) is 0 Å². The Hall–Kier alpha value is -0.130. The van der Waals surface area contributed by atoms with E-state index in [0.717, 1.165) is 25.4 Å². The van der Waals surface area contributed by atoms with E-state index in [1.165, 1.54) is 12.8 Å². The molecular weight excluding hydrogens is 284 g/mol. The second kappa shape index (κ2) is 6.55. The summed E-state index contributed by atoms with van der Waals surface area (Å²) in [6.45, 7) is 11.2. The summed E-state index contributed by atoms with van der Waals surface area (Å²) in [5.74, 6) is 1.94. The third-order valence-electron chi connectivity index (χ3n) is 5.62. The molecule has 1 heterocycles. The van der Waals surface area contributed by atoms with Crippen LogP contribution >= 0.6 is 0 Å². The smallest absolute Gasteiger partial charge is 0.151 e. The maximum Gasteiger partial charge on any atom is 0.151 e. The number of sulfone groups is 1. The molecular formula is C16H32N2O2S. The predicted octanol–water partition coefficient (Wildman–Crippen LogP) is 1.91. The van der Waals surface area contributed by atoms with Gasteiger partial charge < -0.3 is 5.32 Å². The minimum Gasteiger partial charge on any atom is -0.308 e. The molecule has 124 valence electrons. The molecule has 4 nitrogen and oxygen atoms in total. The number of hydrogen-bond donors (Lipinski definition) is 1. The molecule has 1 saturated heterocycles. The lowest BCUT2D eigenvalue weighted by Crippen LogP contribution is -2.65. The molecule has 0 spiro atoms. The van der Waals surface area contributed by atoms with E-state index in [1.807, 2.05) is 0 Å². The first kappa shape index (κ1) is 17.2. The van der Waals surface area contributed by atoms with Gasteiger partial charge >= 0.3 is 0 Å². The second-order valence-electron chi connectivity index (χ2n) is 7.23. The molecule has 2 rings (SSSR count). The van der Waals surface area contributed by atoms with Crippen LogP contribution in [-0.4, -0.2) is 56.0 Å². The highest BCUT2D eigenvalue weighted by atomic mass is 32.2. The van der Waals surface area contributed by atoms with Gasteiger partial charge in [0.05, 0.1) is 5.75 Å². The molecule has 1 aliphatic carbocycles. The van der Waals surface area contributed by atoms with Gasteiger partial charge in [0.2, 0.25) is 0 Å². The number of hydrogen-bond acceptors (Lipinski definition) is 4. The monoisotopic (exact) mass is 316 g/mol. The zero-order chi connectivity index (χ0) is 15.7.